The topological polar surface area (TPSA) is 95.3 Å². The number of pyridine rings is 1. The van der Waals surface area contributed by atoms with E-state index in [1.807, 2.05) is 26.8 Å². The molecule has 2 amide bonds. The average Bonchev–Trinajstić information content (AvgIpc) is 3.06. The lowest BCUT2D eigenvalue weighted by molar-refractivity contribution is -0.111. The number of carbonyl (C=O) groups excluding carboxylic acids is 2. The Bertz CT molecular complexity index is 1000. The van der Waals surface area contributed by atoms with Crippen LogP contribution in [0.4, 0.5) is 9.80 Å². The summed E-state index contributed by atoms with van der Waals surface area (Å²) in [5.74, 6) is -0.324. The van der Waals surface area contributed by atoms with E-state index in [0.717, 1.165) is 16.0 Å². The van der Waals surface area contributed by atoms with Crippen molar-refractivity contribution in [1.82, 2.24) is 9.88 Å². The van der Waals surface area contributed by atoms with Crippen molar-refractivity contribution in [2.24, 2.45) is 5.41 Å². The molecule has 0 saturated carbocycles. The first-order chi connectivity index (χ1) is 14.3. The van der Waals surface area contributed by atoms with Gasteiger partial charge in [0.05, 0.1) is 18.7 Å². The highest BCUT2D eigenvalue weighted by atomic mass is 32.1. The molecule has 0 atom stereocenters. The lowest BCUT2D eigenvalue weighted by Crippen LogP contribution is -2.37. The first-order valence-corrected chi connectivity index (χ1v) is 10.4. The third-order valence-electron chi connectivity index (χ3n) is 4.40. The lowest BCUT2D eigenvalue weighted by atomic mass is 9.99. The van der Waals surface area contributed by atoms with Crippen LogP contribution in [0.25, 0.3) is 6.08 Å². The molecule has 7 nitrogen and oxygen atoms in total. The Morgan fingerprint density at radius 2 is 2.23 bits per heavy atom. The molecule has 2 aromatic heterocycles. The molecular formula is C22H24N4O3S. The van der Waals surface area contributed by atoms with Gasteiger partial charge >= 0.3 is 6.09 Å². The van der Waals surface area contributed by atoms with E-state index in [0.29, 0.717) is 36.7 Å². The normalized spacial score (nSPS) is 13.6. The van der Waals surface area contributed by atoms with Crippen LogP contribution >= 0.6 is 11.3 Å². The Kier molecular flexibility index (Phi) is 6.53. The molecule has 0 unspecified atom stereocenters. The molecule has 30 heavy (non-hydrogen) atoms. The summed E-state index contributed by atoms with van der Waals surface area (Å²) in [5.41, 5.74) is 2.08. The molecule has 1 N–H and O–H groups in total. The molecule has 0 fully saturated rings. The minimum absolute atomic E-state index is 0.103. The van der Waals surface area contributed by atoms with Gasteiger partial charge in [0.2, 0.25) is 5.91 Å². The van der Waals surface area contributed by atoms with Crippen molar-refractivity contribution in [3.63, 3.8) is 0 Å². The molecule has 0 bridgehead atoms. The van der Waals surface area contributed by atoms with E-state index in [1.165, 1.54) is 17.4 Å². The Morgan fingerprint density at radius 3 is 2.90 bits per heavy atom. The Balaban J connectivity index is 1.69. The number of carbonyl (C=O) groups is 2. The number of ether oxygens (including phenoxy) is 1. The van der Waals surface area contributed by atoms with Crippen LogP contribution in [0.3, 0.4) is 0 Å². The quantitative estimate of drug-likeness (QED) is 0.742. The van der Waals surface area contributed by atoms with Crippen molar-refractivity contribution < 1.29 is 14.3 Å². The molecule has 3 rings (SSSR count). The van der Waals surface area contributed by atoms with Crippen molar-refractivity contribution in [1.29, 1.82) is 5.26 Å². The van der Waals surface area contributed by atoms with Gasteiger partial charge in [-0.3, -0.25) is 9.78 Å². The van der Waals surface area contributed by atoms with E-state index in [-0.39, 0.29) is 17.4 Å². The molecule has 0 spiro atoms. The number of nitrogens with zero attached hydrogens (tertiary/aromatic N) is 3. The zero-order chi connectivity index (χ0) is 21.7. The number of fused-ring (bicyclic) bond motifs is 1. The Morgan fingerprint density at radius 1 is 1.43 bits per heavy atom. The van der Waals surface area contributed by atoms with Gasteiger partial charge in [0, 0.05) is 29.9 Å². The van der Waals surface area contributed by atoms with Crippen molar-refractivity contribution in [2.75, 3.05) is 18.5 Å². The molecule has 1 aliphatic rings. The first kappa shape index (κ1) is 21.5. The summed E-state index contributed by atoms with van der Waals surface area (Å²) in [6, 6.07) is 5.83. The number of aromatic nitrogens is 1. The molecular weight excluding hydrogens is 400 g/mol. The smallest absolute Gasteiger partial charge is 0.410 e. The van der Waals surface area contributed by atoms with Gasteiger partial charge in [-0.1, -0.05) is 26.8 Å². The molecule has 156 valence electrons. The van der Waals surface area contributed by atoms with Crippen LogP contribution in [0.2, 0.25) is 0 Å². The highest BCUT2D eigenvalue weighted by molar-refractivity contribution is 7.16. The summed E-state index contributed by atoms with van der Waals surface area (Å²) in [6.45, 7) is 7.21. The second-order valence-corrected chi connectivity index (χ2v) is 9.32. The maximum absolute atomic E-state index is 12.4. The van der Waals surface area contributed by atoms with Gasteiger partial charge in [-0.15, -0.1) is 11.3 Å². The van der Waals surface area contributed by atoms with Crippen LogP contribution in [0.5, 0.6) is 0 Å². The number of rotatable bonds is 4. The van der Waals surface area contributed by atoms with Gasteiger partial charge in [0.25, 0.3) is 0 Å². The number of hydrogen-bond acceptors (Lipinski definition) is 6. The third-order valence-corrected chi connectivity index (χ3v) is 5.54. The summed E-state index contributed by atoms with van der Waals surface area (Å²) in [5, 5.41) is 12.9. The van der Waals surface area contributed by atoms with Crippen molar-refractivity contribution in [3.05, 3.63) is 52.2 Å². The van der Waals surface area contributed by atoms with Gasteiger partial charge < -0.3 is 15.0 Å². The molecule has 1 aliphatic heterocycles. The minimum Gasteiger partial charge on any atom is -0.449 e. The fraction of sp³-hybridized carbons (Fsp3) is 0.364. The van der Waals surface area contributed by atoms with E-state index < -0.39 is 0 Å². The molecule has 3 heterocycles. The van der Waals surface area contributed by atoms with Crippen LogP contribution in [0, 0.1) is 16.7 Å². The molecule has 8 heteroatoms. The van der Waals surface area contributed by atoms with E-state index in [2.05, 4.69) is 16.4 Å². The Labute approximate surface area is 180 Å². The number of amides is 2. The second-order valence-electron chi connectivity index (χ2n) is 8.22. The van der Waals surface area contributed by atoms with Gasteiger partial charge in [-0.05, 0) is 35.1 Å². The maximum atomic E-state index is 12.4. The van der Waals surface area contributed by atoms with Crippen molar-refractivity contribution >= 4 is 34.4 Å². The number of anilines is 1. The number of nitrogens with one attached hydrogen (secondary N) is 1. The van der Waals surface area contributed by atoms with Gasteiger partial charge in [-0.25, -0.2) is 4.79 Å². The zero-order valence-electron chi connectivity index (χ0n) is 17.3. The Hall–Kier alpha value is -3.18. The van der Waals surface area contributed by atoms with Gasteiger partial charge in [0.1, 0.15) is 11.1 Å². The summed E-state index contributed by atoms with van der Waals surface area (Å²) >= 11 is 1.33. The standard InChI is InChI=1S/C22H24N4O3S/c1-22(2,3)14-29-21(28)26-10-8-16-17(11-23)20(30-18(16)13-26)25-19(27)7-6-15-5-4-9-24-12-15/h4-7,9,12H,8,10,13-14H2,1-3H3,(H,25,27). The second kappa shape index (κ2) is 9.09. The summed E-state index contributed by atoms with van der Waals surface area (Å²) in [7, 11) is 0. The predicted molar refractivity (Wildman–Crippen MR) is 116 cm³/mol. The molecule has 0 radical (unpaired) electrons. The largest absolute Gasteiger partial charge is 0.449 e. The van der Waals surface area contributed by atoms with Gasteiger partial charge in [0.15, 0.2) is 0 Å². The van der Waals surface area contributed by atoms with Crippen molar-refractivity contribution in [3.8, 4) is 6.07 Å². The minimum atomic E-state index is -0.354. The average molecular weight is 425 g/mol. The molecule has 0 aromatic carbocycles. The monoisotopic (exact) mass is 424 g/mol. The van der Waals surface area contributed by atoms with Crippen LogP contribution in [0.1, 0.15) is 42.3 Å². The maximum Gasteiger partial charge on any atom is 0.410 e. The highest BCUT2D eigenvalue weighted by Gasteiger charge is 2.28. The third kappa shape index (κ3) is 5.45. The lowest BCUT2D eigenvalue weighted by Gasteiger charge is -2.28. The van der Waals surface area contributed by atoms with E-state index >= 15 is 0 Å². The molecule has 0 aliphatic carbocycles. The molecule has 2 aromatic rings. The SMILES string of the molecule is CC(C)(C)COC(=O)N1CCc2c(sc(NC(=O)C=Cc3cccnc3)c2C#N)C1. The highest BCUT2D eigenvalue weighted by Crippen LogP contribution is 2.36. The van der Waals surface area contributed by atoms with Crippen LogP contribution in [-0.2, 0) is 22.5 Å². The summed E-state index contributed by atoms with van der Waals surface area (Å²) < 4.78 is 5.41. The molecule has 0 saturated heterocycles. The number of nitriles is 1. The van der Waals surface area contributed by atoms with Crippen molar-refractivity contribution in [2.45, 2.75) is 33.7 Å². The number of thiophene rings is 1. The predicted octanol–water partition coefficient (Wildman–Crippen LogP) is 4.21. The fourth-order valence-corrected chi connectivity index (χ4v) is 4.15. The number of hydrogen-bond donors (Lipinski definition) is 1. The van der Waals surface area contributed by atoms with E-state index in [9.17, 15) is 14.9 Å². The van der Waals surface area contributed by atoms with Crippen LogP contribution in [0.15, 0.2) is 30.6 Å². The van der Waals surface area contributed by atoms with E-state index in [1.54, 1.807) is 29.4 Å². The summed E-state index contributed by atoms with van der Waals surface area (Å²) in [6.07, 6.45) is 6.59. The van der Waals surface area contributed by atoms with Crippen LogP contribution < -0.4 is 5.32 Å². The van der Waals surface area contributed by atoms with Crippen LogP contribution in [-0.4, -0.2) is 35.0 Å². The summed E-state index contributed by atoms with van der Waals surface area (Å²) in [4.78, 5) is 31.2. The van der Waals surface area contributed by atoms with Gasteiger partial charge in [-0.2, -0.15) is 5.26 Å². The zero-order valence-corrected chi connectivity index (χ0v) is 18.1. The first-order valence-electron chi connectivity index (χ1n) is 9.62. The van der Waals surface area contributed by atoms with E-state index in [4.69, 9.17) is 4.74 Å². The fourth-order valence-electron chi connectivity index (χ4n) is 2.94.